The van der Waals surface area contributed by atoms with Gasteiger partial charge in [0.1, 0.15) is 0 Å². The third-order valence-electron chi connectivity index (χ3n) is 5.07. The number of nitrogens with zero attached hydrogens (tertiary/aromatic N) is 1. The Labute approximate surface area is 195 Å². The van der Waals surface area contributed by atoms with E-state index in [9.17, 15) is 4.79 Å². The smallest absolute Gasteiger partial charge is 0.322 e. The van der Waals surface area contributed by atoms with E-state index in [1.165, 1.54) is 10.9 Å². The molecule has 2 amide bonds. The van der Waals surface area contributed by atoms with Gasteiger partial charge in [-0.15, -0.1) is 0 Å². The maximum atomic E-state index is 13.1. The first kappa shape index (κ1) is 21.6. The molecule has 4 rings (SSSR count). The van der Waals surface area contributed by atoms with E-state index in [1.807, 2.05) is 48.7 Å². The number of carbonyl (C=O) groups is 1. The number of halogens is 3. The summed E-state index contributed by atoms with van der Waals surface area (Å²) in [4.78, 5) is 18.2. The number of urea groups is 1. The third kappa shape index (κ3) is 5.34. The molecule has 0 aliphatic rings. The maximum absolute atomic E-state index is 13.1. The fourth-order valence-corrected chi connectivity index (χ4v) is 3.86. The highest BCUT2D eigenvalue weighted by molar-refractivity contribution is 6.42. The molecule has 0 saturated heterocycles. The second kappa shape index (κ2) is 9.65. The van der Waals surface area contributed by atoms with Gasteiger partial charge in [0.2, 0.25) is 0 Å². The van der Waals surface area contributed by atoms with Gasteiger partial charge in [-0.25, -0.2) is 4.79 Å². The Morgan fingerprint density at radius 3 is 2.48 bits per heavy atom. The first-order valence-electron chi connectivity index (χ1n) is 9.80. The molecule has 2 N–H and O–H groups in total. The molecule has 1 aromatic heterocycles. The number of aromatic nitrogens is 1. The molecule has 0 aliphatic heterocycles. The summed E-state index contributed by atoms with van der Waals surface area (Å²) < 4.78 is 0. The lowest BCUT2D eigenvalue weighted by atomic mass is 10.1. The van der Waals surface area contributed by atoms with Crippen LogP contribution in [0.25, 0.3) is 10.9 Å². The average molecular weight is 473 g/mol. The number of hydrogen-bond donors (Lipinski definition) is 2. The van der Waals surface area contributed by atoms with Crippen molar-refractivity contribution in [3.63, 3.8) is 0 Å². The highest BCUT2D eigenvalue weighted by Gasteiger charge is 2.16. The number of benzene rings is 3. The van der Waals surface area contributed by atoms with E-state index in [0.717, 1.165) is 11.1 Å². The lowest BCUT2D eigenvalue weighted by Crippen LogP contribution is -2.36. The number of aromatic amines is 1. The van der Waals surface area contributed by atoms with Crippen LogP contribution in [0, 0.1) is 0 Å². The van der Waals surface area contributed by atoms with E-state index in [0.29, 0.717) is 40.3 Å². The monoisotopic (exact) mass is 471 g/mol. The van der Waals surface area contributed by atoms with E-state index in [1.54, 1.807) is 23.1 Å². The van der Waals surface area contributed by atoms with Gasteiger partial charge in [0.15, 0.2) is 0 Å². The SMILES string of the molecule is O=C(Nc1ccc(Cl)c(Cl)c1)N(CCc1c[nH]c2ccccc12)Cc1ccc(Cl)cc1. The van der Waals surface area contributed by atoms with Crippen molar-refractivity contribution in [1.82, 2.24) is 9.88 Å². The van der Waals surface area contributed by atoms with Crippen LogP contribution in [-0.2, 0) is 13.0 Å². The van der Waals surface area contributed by atoms with Crippen molar-refractivity contribution in [3.05, 3.63) is 99.1 Å². The molecule has 7 heteroatoms. The van der Waals surface area contributed by atoms with E-state index in [2.05, 4.69) is 16.4 Å². The number of anilines is 1. The predicted molar refractivity (Wildman–Crippen MR) is 129 cm³/mol. The van der Waals surface area contributed by atoms with E-state index in [-0.39, 0.29) is 6.03 Å². The molecule has 0 radical (unpaired) electrons. The van der Waals surface area contributed by atoms with Gasteiger partial charge >= 0.3 is 6.03 Å². The highest BCUT2D eigenvalue weighted by Crippen LogP contribution is 2.25. The second-order valence-corrected chi connectivity index (χ2v) is 8.47. The molecule has 0 bridgehead atoms. The molecule has 0 aliphatic carbocycles. The summed E-state index contributed by atoms with van der Waals surface area (Å²) in [6, 6.07) is 20.5. The van der Waals surface area contributed by atoms with Crippen molar-refractivity contribution < 1.29 is 4.79 Å². The van der Waals surface area contributed by atoms with E-state index >= 15 is 0 Å². The summed E-state index contributed by atoms with van der Waals surface area (Å²) >= 11 is 18.1. The number of fused-ring (bicyclic) bond motifs is 1. The number of H-pyrrole nitrogens is 1. The van der Waals surface area contributed by atoms with Crippen molar-refractivity contribution in [3.8, 4) is 0 Å². The van der Waals surface area contributed by atoms with Crippen molar-refractivity contribution in [1.29, 1.82) is 0 Å². The molecule has 1 heterocycles. The van der Waals surface area contributed by atoms with Gasteiger partial charge in [-0.05, 0) is 53.9 Å². The Morgan fingerprint density at radius 1 is 0.935 bits per heavy atom. The molecule has 0 unspecified atom stereocenters. The second-order valence-electron chi connectivity index (χ2n) is 7.22. The van der Waals surface area contributed by atoms with Crippen molar-refractivity contribution in [2.45, 2.75) is 13.0 Å². The van der Waals surface area contributed by atoms with Crippen LogP contribution in [0.5, 0.6) is 0 Å². The standard InChI is InChI=1S/C24H20Cl3N3O/c25-18-7-5-16(6-8-18)15-30(24(31)29-19-9-10-21(26)22(27)13-19)12-11-17-14-28-23-4-2-1-3-20(17)23/h1-10,13-14,28H,11-12,15H2,(H,29,31). The molecule has 0 fully saturated rings. The van der Waals surface area contributed by atoms with Gasteiger partial charge in [-0.1, -0.05) is 65.1 Å². The third-order valence-corrected chi connectivity index (χ3v) is 6.06. The first-order valence-corrected chi connectivity index (χ1v) is 10.9. The Morgan fingerprint density at radius 2 is 1.71 bits per heavy atom. The molecule has 0 atom stereocenters. The number of amides is 2. The Balaban J connectivity index is 1.53. The molecule has 31 heavy (non-hydrogen) atoms. The van der Waals surface area contributed by atoms with E-state index in [4.69, 9.17) is 34.8 Å². The van der Waals surface area contributed by atoms with Crippen molar-refractivity contribution >= 4 is 57.4 Å². The van der Waals surface area contributed by atoms with Crippen LogP contribution in [0.2, 0.25) is 15.1 Å². The van der Waals surface area contributed by atoms with Crippen molar-refractivity contribution in [2.75, 3.05) is 11.9 Å². The first-order chi connectivity index (χ1) is 15.0. The number of para-hydroxylation sites is 1. The molecular formula is C24H20Cl3N3O. The van der Waals surface area contributed by atoms with Gasteiger partial charge in [-0.3, -0.25) is 0 Å². The number of hydrogen-bond acceptors (Lipinski definition) is 1. The van der Waals surface area contributed by atoms with Crippen LogP contribution >= 0.6 is 34.8 Å². The van der Waals surface area contributed by atoms with Gasteiger partial charge in [0.05, 0.1) is 10.0 Å². The molecule has 4 nitrogen and oxygen atoms in total. The van der Waals surface area contributed by atoms with Gasteiger partial charge in [0.25, 0.3) is 0 Å². The molecule has 158 valence electrons. The topological polar surface area (TPSA) is 48.1 Å². The molecular weight excluding hydrogens is 453 g/mol. The minimum Gasteiger partial charge on any atom is -0.361 e. The zero-order valence-corrected chi connectivity index (χ0v) is 18.8. The fourth-order valence-electron chi connectivity index (χ4n) is 3.43. The Kier molecular flexibility index (Phi) is 6.71. The van der Waals surface area contributed by atoms with Gasteiger partial charge < -0.3 is 15.2 Å². The Hall–Kier alpha value is -2.66. The number of carbonyl (C=O) groups excluding carboxylic acids is 1. The quantitative estimate of drug-likeness (QED) is 0.302. The Bertz CT molecular complexity index is 1200. The zero-order valence-electron chi connectivity index (χ0n) is 16.5. The van der Waals surface area contributed by atoms with E-state index < -0.39 is 0 Å². The summed E-state index contributed by atoms with van der Waals surface area (Å²) in [5.41, 5.74) is 3.83. The van der Waals surface area contributed by atoms with Crippen LogP contribution in [0.4, 0.5) is 10.5 Å². The van der Waals surface area contributed by atoms with Crippen LogP contribution in [0.1, 0.15) is 11.1 Å². The number of rotatable bonds is 6. The summed E-state index contributed by atoms with van der Waals surface area (Å²) in [6.07, 6.45) is 2.72. The minimum absolute atomic E-state index is 0.215. The lowest BCUT2D eigenvalue weighted by Gasteiger charge is -2.23. The average Bonchev–Trinajstić information content (AvgIpc) is 3.18. The molecule has 0 saturated carbocycles. The summed E-state index contributed by atoms with van der Waals surface area (Å²) in [6.45, 7) is 0.990. The highest BCUT2D eigenvalue weighted by atomic mass is 35.5. The molecule has 0 spiro atoms. The lowest BCUT2D eigenvalue weighted by molar-refractivity contribution is 0.210. The zero-order chi connectivity index (χ0) is 21.8. The fraction of sp³-hybridized carbons (Fsp3) is 0.125. The number of nitrogens with one attached hydrogen (secondary N) is 2. The largest absolute Gasteiger partial charge is 0.361 e. The van der Waals surface area contributed by atoms with Crippen LogP contribution in [0.3, 0.4) is 0 Å². The van der Waals surface area contributed by atoms with Crippen LogP contribution in [0.15, 0.2) is 72.9 Å². The normalized spacial score (nSPS) is 10.9. The summed E-state index contributed by atoms with van der Waals surface area (Å²) in [7, 11) is 0. The van der Waals surface area contributed by atoms with Gasteiger partial charge in [-0.2, -0.15) is 0 Å². The van der Waals surface area contributed by atoms with Crippen molar-refractivity contribution in [2.24, 2.45) is 0 Å². The predicted octanol–water partition coefficient (Wildman–Crippen LogP) is 7.40. The summed E-state index contributed by atoms with van der Waals surface area (Å²) in [5, 5.41) is 5.58. The van der Waals surface area contributed by atoms with Crippen LogP contribution in [-0.4, -0.2) is 22.5 Å². The maximum Gasteiger partial charge on any atom is 0.322 e. The van der Waals surface area contributed by atoms with Crippen LogP contribution < -0.4 is 5.32 Å². The molecule has 3 aromatic carbocycles. The minimum atomic E-state index is -0.215. The van der Waals surface area contributed by atoms with Gasteiger partial charge in [0, 0.05) is 40.9 Å². The summed E-state index contributed by atoms with van der Waals surface area (Å²) in [5.74, 6) is 0. The molecule has 4 aromatic rings.